The summed E-state index contributed by atoms with van der Waals surface area (Å²) in [5.74, 6) is 1.73. The van der Waals surface area contributed by atoms with E-state index >= 15 is 0 Å². The molecule has 1 aromatic rings. The lowest BCUT2D eigenvalue weighted by molar-refractivity contribution is 0.265. The number of hydrogen-bond donors (Lipinski definition) is 1. The van der Waals surface area contributed by atoms with Gasteiger partial charge in [-0.05, 0) is 48.4 Å². The van der Waals surface area contributed by atoms with Crippen LogP contribution < -0.4 is 4.74 Å². The lowest BCUT2D eigenvalue weighted by Crippen LogP contribution is -2.07. The monoisotopic (exact) mass is 256 g/mol. The van der Waals surface area contributed by atoms with Crippen molar-refractivity contribution >= 4 is 11.6 Å². The Balaban J connectivity index is 3.02. The van der Waals surface area contributed by atoms with Crippen LogP contribution in [0.15, 0.2) is 18.2 Å². The first kappa shape index (κ1) is 14.3. The number of methoxy groups -OCH3 is 1. The largest absolute Gasteiger partial charge is 0.496 e. The Morgan fingerprint density at radius 2 is 2.06 bits per heavy atom. The smallest absolute Gasteiger partial charge is 0.122 e. The van der Waals surface area contributed by atoms with Crippen molar-refractivity contribution in [3.63, 3.8) is 0 Å². The van der Waals surface area contributed by atoms with Gasteiger partial charge in [-0.25, -0.2) is 0 Å². The highest BCUT2D eigenvalue weighted by atomic mass is 35.5. The van der Waals surface area contributed by atoms with Gasteiger partial charge in [0.1, 0.15) is 5.75 Å². The van der Waals surface area contributed by atoms with E-state index in [1.165, 1.54) is 0 Å². The highest BCUT2D eigenvalue weighted by Gasteiger charge is 2.17. The SMILES string of the molecule is COc1ccc(Cl)cc1C(CCO)CC(C)C. The van der Waals surface area contributed by atoms with E-state index in [0.29, 0.717) is 16.9 Å². The minimum Gasteiger partial charge on any atom is -0.496 e. The van der Waals surface area contributed by atoms with Crippen molar-refractivity contribution in [1.29, 1.82) is 0 Å². The Kier molecular flexibility index (Phi) is 5.79. The Morgan fingerprint density at radius 3 is 2.59 bits per heavy atom. The maximum atomic E-state index is 9.17. The fourth-order valence-corrected chi connectivity index (χ4v) is 2.33. The summed E-state index contributed by atoms with van der Waals surface area (Å²) in [7, 11) is 1.66. The van der Waals surface area contributed by atoms with E-state index in [9.17, 15) is 0 Å². The molecule has 1 unspecified atom stereocenters. The van der Waals surface area contributed by atoms with E-state index in [2.05, 4.69) is 13.8 Å². The molecule has 0 saturated carbocycles. The Bertz CT molecular complexity index is 350. The highest BCUT2D eigenvalue weighted by Crippen LogP contribution is 2.35. The molecular weight excluding hydrogens is 236 g/mol. The van der Waals surface area contributed by atoms with E-state index in [4.69, 9.17) is 21.4 Å². The second kappa shape index (κ2) is 6.87. The molecule has 2 nitrogen and oxygen atoms in total. The van der Waals surface area contributed by atoms with Gasteiger partial charge in [-0.15, -0.1) is 0 Å². The highest BCUT2D eigenvalue weighted by molar-refractivity contribution is 6.30. The van der Waals surface area contributed by atoms with Crippen LogP contribution in [0.1, 0.15) is 38.2 Å². The average Bonchev–Trinajstić information content (AvgIpc) is 2.28. The van der Waals surface area contributed by atoms with E-state index in [1.807, 2.05) is 18.2 Å². The molecular formula is C14H21ClO2. The van der Waals surface area contributed by atoms with Crippen LogP contribution in [0.2, 0.25) is 5.02 Å². The third-order valence-electron chi connectivity index (χ3n) is 2.87. The van der Waals surface area contributed by atoms with Crippen LogP contribution in [0.4, 0.5) is 0 Å². The molecule has 0 amide bonds. The van der Waals surface area contributed by atoms with E-state index < -0.39 is 0 Å². The molecule has 0 heterocycles. The van der Waals surface area contributed by atoms with E-state index in [0.717, 1.165) is 24.2 Å². The Hall–Kier alpha value is -0.730. The van der Waals surface area contributed by atoms with Crippen molar-refractivity contribution in [2.45, 2.75) is 32.6 Å². The molecule has 96 valence electrons. The van der Waals surface area contributed by atoms with E-state index in [1.54, 1.807) is 7.11 Å². The summed E-state index contributed by atoms with van der Waals surface area (Å²) >= 11 is 6.04. The molecule has 0 radical (unpaired) electrons. The number of benzene rings is 1. The first-order valence-corrected chi connectivity index (χ1v) is 6.40. The summed E-state index contributed by atoms with van der Waals surface area (Å²) < 4.78 is 5.37. The van der Waals surface area contributed by atoms with Crippen molar-refractivity contribution in [2.24, 2.45) is 5.92 Å². The summed E-state index contributed by atoms with van der Waals surface area (Å²) in [5, 5.41) is 9.89. The van der Waals surface area contributed by atoms with Gasteiger partial charge >= 0.3 is 0 Å². The minimum atomic E-state index is 0.188. The van der Waals surface area contributed by atoms with Crippen LogP contribution in [-0.4, -0.2) is 18.8 Å². The van der Waals surface area contributed by atoms with Gasteiger partial charge in [0.05, 0.1) is 7.11 Å². The van der Waals surface area contributed by atoms with Gasteiger partial charge in [-0.3, -0.25) is 0 Å². The maximum absolute atomic E-state index is 9.17. The van der Waals surface area contributed by atoms with Crippen LogP contribution in [-0.2, 0) is 0 Å². The fraction of sp³-hybridized carbons (Fsp3) is 0.571. The normalized spacial score (nSPS) is 12.8. The molecule has 0 aliphatic heterocycles. The molecule has 1 rings (SSSR count). The zero-order chi connectivity index (χ0) is 12.8. The molecule has 0 fully saturated rings. The van der Waals surface area contributed by atoms with Gasteiger partial charge in [-0.2, -0.15) is 0 Å². The summed E-state index contributed by atoms with van der Waals surface area (Å²) in [4.78, 5) is 0. The predicted molar refractivity (Wildman–Crippen MR) is 71.9 cm³/mol. The second-order valence-electron chi connectivity index (χ2n) is 4.73. The van der Waals surface area contributed by atoms with Crippen molar-refractivity contribution in [3.8, 4) is 5.75 Å². The number of ether oxygens (including phenoxy) is 1. The zero-order valence-corrected chi connectivity index (χ0v) is 11.5. The lowest BCUT2D eigenvalue weighted by atomic mass is 9.87. The summed E-state index contributed by atoms with van der Waals surface area (Å²) in [6.45, 7) is 4.55. The van der Waals surface area contributed by atoms with Gasteiger partial charge in [0.15, 0.2) is 0 Å². The average molecular weight is 257 g/mol. The standard InChI is InChI=1S/C14H21ClO2/c1-10(2)8-11(6-7-16)13-9-12(15)4-5-14(13)17-3/h4-5,9-11,16H,6-8H2,1-3H3. The molecule has 17 heavy (non-hydrogen) atoms. The first-order chi connectivity index (χ1) is 8.08. The van der Waals surface area contributed by atoms with Gasteiger partial charge in [0.25, 0.3) is 0 Å². The van der Waals surface area contributed by atoms with Crippen LogP contribution in [0.5, 0.6) is 5.75 Å². The quantitative estimate of drug-likeness (QED) is 0.838. The van der Waals surface area contributed by atoms with Crippen molar-refractivity contribution < 1.29 is 9.84 Å². The molecule has 0 aromatic heterocycles. The maximum Gasteiger partial charge on any atom is 0.122 e. The minimum absolute atomic E-state index is 0.188. The van der Waals surface area contributed by atoms with Crippen LogP contribution in [0.3, 0.4) is 0 Å². The number of hydrogen-bond acceptors (Lipinski definition) is 2. The molecule has 1 aromatic carbocycles. The number of rotatable bonds is 6. The van der Waals surface area contributed by atoms with E-state index in [-0.39, 0.29) is 6.61 Å². The third kappa shape index (κ3) is 4.21. The molecule has 0 saturated heterocycles. The third-order valence-corrected chi connectivity index (χ3v) is 3.10. The van der Waals surface area contributed by atoms with Crippen LogP contribution in [0, 0.1) is 5.92 Å². The van der Waals surface area contributed by atoms with Crippen molar-refractivity contribution in [3.05, 3.63) is 28.8 Å². The zero-order valence-electron chi connectivity index (χ0n) is 10.7. The Morgan fingerprint density at radius 1 is 1.35 bits per heavy atom. The van der Waals surface area contributed by atoms with Crippen molar-refractivity contribution in [1.82, 2.24) is 0 Å². The topological polar surface area (TPSA) is 29.5 Å². The summed E-state index contributed by atoms with van der Waals surface area (Å²) in [6, 6.07) is 5.67. The predicted octanol–water partition coefficient (Wildman–Crippen LogP) is 3.86. The molecule has 0 aliphatic rings. The molecule has 0 aliphatic carbocycles. The lowest BCUT2D eigenvalue weighted by Gasteiger charge is -2.21. The number of aliphatic hydroxyl groups excluding tert-OH is 1. The molecule has 0 bridgehead atoms. The second-order valence-corrected chi connectivity index (χ2v) is 5.16. The molecule has 3 heteroatoms. The summed E-state index contributed by atoms with van der Waals surface area (Å²) in [5.41, 5.74) is 1.10. The number of aliphatic hydroxyl groups is 1. The van der Waals surface area contributed by atoms with Gasteiger partial charge in [0.2, 0.25) is 0 Å². The van der Waals surface area contributed by atoms with Gasteiger partial charge < -0.3 is 9.84 Å². The van der Waals surface area contributed by atoms with Crippen LogP contribution in [0.25, 0.3) is 0 Å². The molecule has 0 spiro atoms. The fourth-order valence-electron chi connectivity index (χ4n) is 2.15. The van der Waals surface area contributed by atoms with Gasteiger partial charge in [0, 0.05) is 11.6 Å². The van der Waals surface area contributed by atoms with Crippen molar-refractivity contribution in [2.75, 3.05) is 13.7 Å². The summed E-state index contributed by atoms with van der Waals surface area (Å²) in [6.07, 6.45) is 1.77. The Labute approximate surface area is 109 Å². The van der Waals surface area contributed by atoms with Crippen LogP contribution >= 0.6 is 11.6 Å². The molecule has 1 atom stereocenters. The molecule has 1 N–H and O–H groups in total. The van der Waals surface area contributed by atoms with Gasteiger partial charge in [-0.1, -0.05) is 25.4 Å². The number of halogens is 1. The first-order valence-electron chi connectivity index (χ1n) is 6.02.